The summed E-state index contributed by atoms with van der Waals surface area (Å²) in [7, 11) is -3.48. The maximum absolute atomic E-state index is 16.1. The second kappa shape index (κ2) is 12.7. The highest BCUT2D eigenvalue weighted by Gasteiger charge is 2.49. The number of fused-ring (bicyclic) bond motifs is 6. The van der Waals surface area contributed by atoms with Gasteiger partial charge in [-0.3, -0.25) is 13.9 Å². The van der Waals surface area contributed by atoms with E-state index >= 15 is 4.57 Å². The van der Waals surface area contributed by atoms with Crippen LogP contribution in [0.25, 0.3) is 44.2 Å². The lowest BCUT2D eigenvalue weighted by Crippen LogP contribution is -2.26. The number of hydrogen-bond donors (Lipinski definition) is 0. The predicted octanol–water partition coefficient (Wildman–Crippen LogP) is 13.7. The molecule has 0 saturated heterocycles. The molecule has 2 aliphatic rings. The van der Waals surface area contributed by atoms with Gasteiger partial charge in [0.15, 0.2) is 0 Å². The molecule has 1 atom stereocenters. The van der Waals surface area contributed by atoms with Crippen molar-refractivity contribution in [2.45, 2.75) is 19.3 Å². The standard InChI is InChI=1S/C51H40N3OP/c1-5-18-42-35(2)51(3,4)45-31-30-44-43-27-15-16-28-46(43)52(50(44)49(42)45)40-24-17-19-36(33-40)37-29-32-47-48(34-37)54(39-22-11-7-12-23-39)56(55,41-25-13-8-14-26-41)53(47)38-20-9-6-10-21-38/h5-34H,1-2H2,3-4H3/b42-18+. The number of benzene rings is 7. The first-order chi connectivity index (χ1) is 27.3. The zero-order valence-corrected chi connectivity index (χ0v) is 32.3. The monoisotopic (exact) mass is 741 g/mol. The van der Waals surface area contributed by atoms with Crippen LogP contribution >= 0.6 is 7.44 Å². The average Bonchev–Trinajstić information content (AvgIpc) is 3.79. The van der Waals surface area contributed by atoms with E-state index in [1.54, 1.807) is 0 Å². The minimum atomic E-state index is -3.48. The van der Waals surface area contributed by atoms with Crippen LogP contribution in [0.3, 0.4) is 0 Å². The van der Waals surface area contributed by atoms with Gasteiger partial charge in [-0.2, -0.15) is 0 Å². The minimum absolute atomic E-state index is 0.219. The maximum Gasteiger partial charge on any atom is 0.301 e. The van der Waals surface area contributed by atoms with Gasteiger partial charge in [0.1, 0.15) is 0 Å². The van der Waals surface area contributed by atoms with Gasteiger partial charge in [0.2, 0.25) is 0 Å². The third kappa shape index (κ3) is 4.82. The van der Waals surface area contributed by atoms with E-state index in [1.807, 2.05) is 102 Å². The third-order valence-electron chi connectivity index (χ3n) is 11.6. The van der Waals surface area contributed by atoms with Crippen molar-refractivity contribution < 1.29 is 4.57 Å². The molecular formula is C51H40N3OP. The SMILES string of the molecule is C=C/C=C1\C(=C)C(C)(C)c2ccc3c4ccccc4n(-c4cccc(-c5ccc6c(c5)N(c5ccccc5)P(=O)(c5ccccc5)N6c5ccccc5)c4)c3c21. The van der Waals surface area contributed by atoms with Crippen molar-refractivity contribution in [2.24, 2.45) is 0 Å². The Morgan fingerprint density at radius 2 is 1.20 bits per heavy atom. The Labute approximate surface area is 328 Å². The van der Waals surface area contributed by atoms with E-state index in [4.69, 9.17) is 0 Å². The summed E-state index contributed by atoms with van der Waals surface area (Å²) in [5, 5.41) is 3.18. The lowest BCUT2D eigenvalue weighted by molar-refractivity contribution is 0.582. The van der Waals surface area contributed by atoms with Crippen LogP contribution in [-0.2, 0) is 9.98 Å². The molecule has 0 saturated carbocycles. The molecule has 2 heterocycles. The lowest BCUT2D eigenvalue weighted by atomic mass is 9.83. The molecule has 8 aromatic rings. The van der Waals surface area contributed by atoms with Gasteiger partial charge in [0, 0.05) is 38.8 Å². The van der Waals surface area contributed by atoms with Crippen molar-refractivity contribution in [3.63, 3.8) is 0 Å². The molecule has 1 aromatic heterocycles. The maximum atomic E-state index is 16.1. The van der Waals surface area contributed by atoms with Crippen LogP contribution in [0.15, 0.2) is 201 Å². The van der Waals surface area contributed by atoms with E-state index in [2.05, 4.69) is 121 Å². The number of allylic oxidation sites excluding steroid dienone is 4. The molecule has 56 heavy (non-hydrogen) atoms. The number of aromatic nitrogens is 1. The van der Waals surface area contributed by atoms with Crippen molar-refractivity contribution >= 4 is 62.9 Å². The Morgan fingerprint density at radius 3 is 1.89 bits per heavy atom. The van der Waals surface area contributed by atoms with Crippen molar-refractivity contribution in [1.82, 2.24) is 4.57 Å². The van der Waals surface area contributed by atoms with E-state index < -0.39 is 7.44 Å². The van der Waals surface area contributed by atoms with Crippen LogP contribution in [-0.4, -0.2) is 4.57 Å². The molecule has 10 rings (SSSR count). The second-order valence-electron chi connectivity index (χ2n) is 15.1. The highest BCUT2D eigenvalue weighted by atomic mass is 31.2. The van der Waals surface area contributed by atoms with Crippen LogP contribution in [0.4, 0.5) is 22.7 Å². The first-order valence-electron chi connectivity index (χ1n) is 19.0. The number of rotatable bonds is 6. The van der Waals surface area contributed by atoms with Gasteiger partial charge in [-0.05, 0) is 94.6 Å². The quantitative estimate of drug-likeness (QED) is 0.159. The van der Waals surface area contributed by atoms with Crippen molar-refractivity contribution in [2.75, 3.05) is 9.34 Å². The number of anilines is 4. The van der Waals surface area contributed by atoms with E-state index in [-0.39, 0.29) is 5.41 Å². The fourth-order valence-corrected chi connectivity index (χ4v) is 11.9. The lowest BCUT2D eigenvalue weighted by Gasteiger charge is -2.33. The van der Waals surface area contributed by atoms with E-state index in [1.165, 1.54) is 27.4 Å². The second-order valence-corrected chi connectivity index (χ2v) is 17.5. The predicted molar refractivity (Wildman–Crippen MR) is 237 cm³/mol. The summed E-state index contributed by atoms with van der Waals surface area (Å²) < 4.78 is 22.6. The van der Waals surface area contributed by atoms with Gasteiger partial charge < -0.3 is 4.57 Å². The Balaban J connectivity index is 1.20. The summed E-state index contributed by atoms with van der Waals surface area (Å²) in [6, 6.07) is 58.7. The Hall–Kier alpha value is -6.61. The van der Waals surface area contributed by atoms with Gasteiger partial charge in [-0.15, -0.1) is 0 Å². The van der Waals surface area contributed by atoms with E-state index in [0.717, 1.165) is 61.5 Å². The van der Waals surface area contributed by atoms with Gasteiger partial charge in [-0.1, -0.05) is 142 Å². The van der Waals surface area contributed by atoms with Gasteiger partial charge in [-0.25, -0.2) is 0 Å². The zero-order chi connectivity index (χ0) is 38.2. The van der Waals surface area contributed by atoms with Crippen LogP contribution in [0, 0.1) is 0 Å². The van der Waals surface area contributed by atoms with Crippen LogP contribution in [0.2, 0.25) is 0 Å². The average molecular weight is 742 g/mol. The molecule has 0 radical (unpaired) electrons. The zero-order valence-electron chi connectivity index (χ0n) is 31.4. The molecule has 0 fully saturated rings. The molecule has 7 aromatic carbocycles. The molecular weight excluding hydrogens is 702 g/mol. The molecule has 0 N–H and O–H groups in total. The van der Waals surface area contributed by atoms with Crippen molar-refractivity contribution in [3.05, 3.63) is 212 Å². The highest BCUT2D eigenvalue weighted by molar-refractivity contribution is 7.76. The Morgan fingerprint density at radius 1 is 0.589 bits per heavy atom. The molecule has 1 unspecified atom stereocenters. The summed E-state index contributed by atoms with van der Waals surface area (Å²) in [4.78, 5) is 0. The largest absolute Gasteiger partial charge is 0.309 e. The van der Waals surface area contributed by atoms with E-state index in [9.17, 15) is 0 Å². The summed E-state index contributed by atoms with van der Waals surface area (Å²) in [5.41, 5.74) is 13.5. The topological polar surface area (TPSA) is 28.5 Å². The van der Waals surface area contributed by atoms with Crippen molar-refractivity contribution in [1.29, 1.82) is 0 Å². The molecule has 0 bridgehead atoms. The Bertz CT molecular complexity index is 2960. The number of para-hydroxylation sites is 3. The molecule has 270 valence electrons. The van der Waals surface area contributed by atoms with E-state index in [0.29, 0.717) is 0 Å². The minimum Gasteiger partial charge on any atom is -0.309 e. The molecule has 1 aliphatic heterocycles. The molecule has 1 aliphatic carbocycles. The number of nitrogens with zero attached hydrogens (tertiary/aromatic N) is 3. The smallest absolute Gasteiger partial charge is 0.301 e. The summed E-state index contributed by atoms with van der Waals surface area (Å²) in [6.45, 7) is 13.2. The van der Waals surface area contributed by atoms with Crippen LogP contribution in [0.5, 0.6) is 0 Å². The van der Waals surface area contributed by atoms with Gasteiger partial charge in [0.05, 0.1) is 27.7 Å². The van der Waals surface area contributed by atoms with Gasteiger partial charge in [0.25, 0.3) is 0 Å². The first kappa shape index (κ1) is 33.9. The first-order valence-corrected chi connectivity index (χ1v) is 20.6. The fourth-order valence-electron chi connectivity index (χ4n) is 8.91. The molecule has 4 nitrogen and oxygen atoms in total. The molecule has 0 amide bonds. The summed E-state index contributed by atoms with van der Waals surface area (Å²) >= 11 is 0. The summed E-state index contributed by atoms with van der Waals surface area (Å²) in [6.07, 6.45) is 3.99. The van der Waals surface area contributed by atoms with Crippen LogP contribution < -0.4 is 14.6 Å². The number of hydrogen-bond acceptors (Lipinski definition) is 1. The van der Waals surface area contributed by atoms with Crippen LogP contribution in [0.1, 0.15) is 25.0 Å². The normalized spacial score (nSPS) is 17.8. The fraction of sp³-hybridized carbons (Fsp3) is 0.0588. The van der Waals surface area contributed by atoms with Gasteiger partial charge >= 0.3 is 7.44 Å². The Kier molecular flexibility index (Phi) is 7.71. The van der Waals surface area contributed by atoms with Crippen molar-refractivity contribution in [3.8, 4) is 16.8 Å². The summed E-state index contributed by atoms with van der Waals surface area (Å²) in [5.74, 6) is 0. The molecule has 0 spiro atoms. The molecule has 5 heteroatoms. The highest BCUT2D eigenvalue weighted by Crippen LogP contribution is 2.70. The third-order valence-corrected chi connectivity index (χ3v) is 14.6.